The lowest BCUT2D eigenvalue weighted by Crippen LogP contribution is -2.41. The average Bonchev–Trinajstić information content (AvgIpc) is 3.46. The summed E-state index contributed by atoms with van der Waals surface area (Å²) in [4.78, 5) is 18.4. The summed E-state index contributed by atoms with van der Waals surface area (Å²) in [6.07, 6.45) is 3.00. The van der Waals surface area contributed by atoms with E-state index >= 15 is 0 Å². The van der Waals surface area contributed by atoms with Gasteiger partial charge < -0.3 is 20.7 Å². The number of carbonyl (C=O) groups excluding carboxylic acids is 1. The summed E-state index contributed by atoms with van der Waals surface area (Å²) in [6.45, 7) is 5.21. The molecule has 6 nitrogen and oxygen atoms in total. The predicted molar refractivity (Wildman–Crippen MR) is 120 cm³/mol. The van der Waals surface area contributed by atoms with Crippen LogP contribution in [0, 0.1) is 17.7 Å². The van der Waals surface area contributed by atoms with E-state index in [1.807, 2.05) is 18.9 Å². The molecule has 1 atom stereocenters. The van der Waals surface area contributed by atoms with Crippen LogP contribution in [0.4, 0.5) is 4.39 Å². The number of hydrogen-bond donors (Lipinski definition) is 2. The lowest BCUT2D eigenvalue weighted by atomic mass is 9.99. The van der Waals surface area contributed by atoms with E-state index in [9.17, 15) is 9.18 Å². The zero-order valence-electron chi connectivity index (χ0n) is 16.7. The highest BCUT2D eigenvalue weighted by Crippen LogP contribution is 2.28. The summed E-state index contributed by atoms with van der Waals surface area (Å²) in [5.74, 6) is 0.322. The monoisotopic (exact) mass is 506 g/mol. The SMILES string of the molecule is CCNC(=NCC(Cc1ccc(F)cc1)C(N)=O)N(C)CCOCC1CC1.I. The van der Waals surface area contributed by atoms with Gasteiger partial charge in [-0.3, -0.25) is 9.79 Å². The molecule has 1 aliphatic carbocycles. The molecule has 0 aromatic heterocycles. The molecule has 28 heavy (non-hydrogen) atoms. The fourth-order valence-corrected chi connectivity index (χ4v) is 2.67. The van der Waals surface area contributed by atoms with Gasteiger partial charge in [-0.15, -0.1) is 24.0 Å². The average molecular weight is 506 g/mol. The number of guanidine groups is 1. The third-order valence-corrected chi connectivity index (χ3v) is 4.58. The summed E-state index contributed by atoms with van der Waals surface area (Å²) in [7, 11) is 1.95. The van der Waals surface area contributed by atoms with E-state index in [0.717, 1.165) is 37.1 Å². The van der Waals surface area contributed by atoms with Crippen LogP contribution in [-0.2, 0) is 16.0 Å². The maximum absolute atomic E-state index is 13.0. The highest BCUT2D eigenvalue weighted by Gasteiger charge is 2.21. The fraction of sp³-hybridized carbons (Fsp3) is 0.600. The minimum atomic E-state index is -0.441. The number of aliphatic imine (C=N–C) groups is 1. The van der Waals surface area contributed by atoms with E-state index in [-0.39, 0.29) is 36.3 Å². The largest absolute Gasteiger partial charge is 0.379 e. The quantitative estimate of drug-likeness (QED) is 0.209. The Morgan fingerprint density at radius 1 is 1.39 bits per heavy atom. The van der Waals surface area contributed by atoms with Gasteiger partial charge in [-0.1, -0.05) is 12.1 Å². The Kier molecular flexibility index (Phi) is 11.4. The molecule has 0 spiro atoms. The minimum absolute atomic E-state index is 0. The molecule has 1 amide bonds. The molecule has 0 aliphatic heterocycles. The number of rotatable bonds is 11. The first kappa shape index (κ1) is 24.6. The van der Waals surface area contributed by atoms with Gasteiger partial charge in [0.05, 0.1) is 19.1 Å². The number of primary amides is 1. The Labute approximate surface area is 184 Å². The molecule has 158 valence electrons. The number of hydrogen-bond acceptors (Lipinski definition) is 3. The first-order valence-electron chi connectivity index (χ1n) is 9.60. The topological polar surface area (TPSA) is 79.9 Å². The molecule has 8 heteroatoms. The number of ether oxygens (including phenoxy) is 1. The highest BCUT2D eigenvalue weighted by atomic mass is 127. The van der Waals surface area contributed by atoms with Crippen LogP contribution in [-0.4, -0.2) is 56.7 Å². The van der Waals surface area contributed by atoms with Gasteiger partial charge in [-0.05, 0) is 49.8 Å². The molecule has 0 radical (unpaired) electrons. The van der Waals surface area contributed by atoms with Crippen molar-refractivity contribution in [3.63, 3.8) is 0 Å². The highest BCUT2D eigenvalue weighted by molar-refractivity contribution is 14.0. The molecule has 1 aromatic rings. The van der Waals surface area contributed by atoms with Gasteiger partial charge in [0.2, 0.25) is 5.91 Å². The van der Waals surface area contributed by atoms with Crippen LogP contribution in [0.25, 0.3) is 0 Å². The van der Waals surface area contributed by atoms with E-state index in [1.165, 1.54) is 25.0 Å². The van der Waals surface area contributed by atoms with Crippen LogP contribution in [0.1, 0.15) is 25.3 Å². The first-order valence-corrected chi connectivity index (χ1v) is 9.60. The second kappa shape index (κ2) is 12.9. The first-order chi connectivity index (χ1) is 13.0. The second-order valence-electron chi connectivity index (χ2n) is 7.06. The molecular formula is C20H32FIN4O2. The fourth-order valence-electron chi connectivity index (χ4n) is 2.67. The van der Waals surface area contributed by atoms with Crippen molar-refractivity contribution in [1.82, 2.24) is 10.2 Å². The van der Waals surface area contributed by atoms with Crippen molar-refractivity contribution >= 4 is 35.8 Å². The molecular weight excluding hydrogens is 474 g/mol. The number of nitrogens with one attached hydrogen (secondary N) is 1. The molecule has 3 N–H and O–H groups in total. The lowest BCUT2D eigenvalue weighted by Gasteiger charge is -2.22. The van der Waals surface area contributed by atoms with Gasteiger partial charge in [0.25, 0.3) is 0 Å². The molecule has 1 aromatic carbocycles. The summed E-state index contributed by atoms with van der Waals surface area (Å²) in [6, 6.07) is 6.11. The van der Waals surface area contributed by atoms with Crippen molar-refractivity contribution in [2.24, 2.45) is 22.6 Å². The van der Waals surface area contributed by atoms with Gasteiger partial charge in [-0.2, -0.15) is 0 Å². The van der Waals surface area contributed by atoms with Crippen molar-refractivity contribution in [2.45, 2.75) is 26.2 Å². The number of nitrogens with two attached hydrogens (primary N) is 1. The standard InChI is InChI=1S/C20H31FN4O2.HI/c1-3-23-20(25(2)10-11-27-14-16-4-5-16)24-13-17(19(22)26)12-15-6-8-18(21)9-7-15;/h6-9,16-17H,3-5,10-14H2,1-2H3,(H2,22,26)(H,23,24);1H. The van der Waals surface area contributed by atoms with E-state index < -0.39 is 11.8 Å². The maximum Gasteiger partial charge on any atom is 0.222 e. The summed E-state index contributed by atoms with van der Waals surface area (Å²) < 4.78 is 18.7. The van der Waals surface area contributed by atoms with Gasteiger partial charge in [0.15, 0.2) is 5.96 Å². The molecule has 2 rings (SSSR count). The lowest BCUT2D eigenvalue weighted by molar-refractivity contribution is -0.121. The van der Waals surface area contributed by atoms with Crippen LogP contribution in [0.2, 0.25) is 0 Å². The third kappa shape index (κ3) is 9.18. The number of halogens is 2. The number of benzene rings is 1. The molecule has 1 saturated carbocycles. The van der Waals surface area contributed by atoms with E-state index in [4.69, 9.17) is 10.5 Å². The zero-order chi connectivity index (χ0) is 19.6. The molecule has 0 saturated heterocycles. The molecule has 0 heterocycles. The number of carbonyl (C=O) groups is 1. The van der Waals surface area contributed by atoms with Crippen LogP contribution in [0.5, 0.6) is 0 Å². The van der Waals surface area contributed by atoms with Crippen LogP contribution in [0.15, 0.2) is 29.3 Å². The van der Waals surface area contributed by atoms with Gasteiger partial charge in [-0.25, -0.2) is 4.39 Å². The molecule has 1 fully saturated rings. The maximum atomic E-state index is 13.0. The smallest absolute Gasteiger partial charge is 0.222 e. The molecule has 0 bridgehead atoms. The Balaban J connectivity index is 0.00000392. The van der Waals surface area contributed by atoms with Crippen LogP contribution >= 0.6 is 24.0 Å². The number of likely N-dealkylation sites (N-methyl/N-ethyl adjacent to an activating group) is 1. The number of nitrogens with zero attached hydrogens (tertiary/aromatic N) is 2. The summed E-state index contributed by atoms with van der Waals surface area (Å²) in [5.41, 5.74) is 6.41. The van der Waals surface area contributed by atoms with E-state index in [2.05, 4.69) is 10.3 Å². The summed E-state index contributed by atoms with van der Waals surface area (Å²) in [5, 5.41) is 3.23. The Morgan fingerprint density at radius 3 is 2.64 bits per heavy atom. The van der Waals surface area contributed by atoms with E-state index in [0.29, 0.717) is 13.0 Å². The van der Waals surface area contributed by atoms with Crippen LogP contribution < -0.4 is 11.1 Å². The van der Waals surface area contributed by atoms with Crippen molar-refractivity contribution in [1.29, 1.82) is 0 Å². The number of amides is 1. The van der Waals surface area contributed by atoms with Gasteiger partial charge >= 0.3 is 0 Å². The van der Waals surface area contributed by atoms with Gasteiger partial charge in [0, 0.05) is 26.7 Å². The zero-order valence-corrected chi connectivity index (χ0v) is 19.0. The van der Waals surface area contributed by atoms with Crippen molar-refractivity contribution in [3.05, 3.63) is 35.6 Å². The molecule has 1 unspecified atom stereocenters. The Bertz CT molecular complexity index is 623. The Morgan fingerprint density at radius 2 is 2.07 bits per heavy atom. The second-order valence-corrected chi connectivity index (χ2v) is 7.06. The minimum Gasteiger partial charge on any atom is -0.379 e. The van der Waals surface area contributed by atoms with Gasteiger partial charge in [0.1, 0.15) is 5.82 Å². The predicted octanol–water partition coefficient (Wildman–Crippen LogP) is 2.41. The van der Waals surface area contributed by atoms with E-state index in [1.54, 1.807) is 12.1 Å². The summed E-state index contributed by atoms with van der Waals surface area (Å²) >= 11 is 0. The van der Waals surface area contributed by atoms with Crippen LogP contribution in [0.3, 0.4) is 0 Å². The Hall–Kier alpha value is -1.42. The van der Waals surface area contributed by atoms with Crippen molar-refractivity contribution in [3.8, 4) is 0 Å². The normalized spacial score (nSPS) is 14.9. The third-order valence-electron chi connectivity index (χ3n) is 4.58. The molecule has 1 aliphatic rings. The van der Waals surface area contributed by atoms with Crippen molar-refractivity contribution in [2.75, 3.05) is 39.9 Å². The van der Waals surface area contributed by atoms with Crippen molar-refractivity contribution < 1.29 is 13.9 Å².